The molecule has 374 valence electrons. The molecule has 10 rings (SSSR count). The molecule has 4 amide bonds. The summed E-state index contributed by atoms with van der Waals surface area (Å²) in [7, 11) is 3.73. The molecule has 0 saturated carbocycles. The van der Waals surface area contributed by atoms with Crippen LogP contribution in [0.1, 0.15) is 98.0 Å². The maximum Gasteiger partial charge on any atom is 0.257 e. The number of nitrogens with one attached hydrogen (secondary N) is 2. The molecule has 4 fully saturated rings. The van der Waals surface area contributed by atoms with Gasteiger partial charge >= 0.3 is 0 Å². The van der Waals surface area contributed by atoms with E-state index in [0.717, 1.165) is 90.5 Å². The number of hydrogen-bond acceptors (Lipinski definition) is 10. The number of aryl methyl sites for hydroxylation is 1. The van der Waals surface area contributed by atoms with Crippen LogP contribution in [0.25, 0.3) is 16.7 Å². The first-order chi connectivity index (χ1) is 34.1. The topological polar surface area (TPSA) is 148 Å². The third kappa shape index (κ3) is 9.27. The van der Waals surface area contributed by atoms with Gasteiger partial charge in [0.15, 0.2) is 0 Å². The van der Waals surface area contributed by atoms with Gasteiger partial charge < -0.3 is 14.8 Å². The highest BCUT2D eigenvalue weighted by Crippen LogP contribution is 2.44. The number of fused-ring (bicyclic) bond motifs is 2. The van der Waals surface area contributed by atoms with E-state index in [1.165, 1.54) is 12.1 Å². The molecule has 0 unspecified atom stereocenters. The number of aromatic nitrogens is 3. The average molecular weight is 971 g/mol. The van der Waals surface area contributed by atoms with E-state index in [4.69, 9.17) is 0 Å². The summed E-state index contributed by atoms with van der Waals surface area (Å²) in [5, 5.41) is 6.26. The van der Waals surface area contributed by atoms with E-state index in [1.807, 2.05) is 49.7 Å². The first kappa shape index (κ1) is 48.3. The Hall–Kier alpha value is -6.30. The van der Waals surface area contributed by atoms with Crippen molar-refractivity contribution < 1.29 is 28.0 Å². The van der Waals surface area contributed by atoms with E-state index in [2.05, 4.69) is 49.4 Å². The molecule has 3 aromatic heterocycles. The van der Waals surface area contributed by atoms with Crippen LogP contribution in [0, 0.1) is 17.6 Å². The quantitative estimate of drug-likeness (QED) is 0.153. The number of piperazine rings is 1. The van der Waals surface area contributed by atoms with Crippen molar-refractivity contribution in [3.05, 3.63) is 117 Å². The normalized spacial score (nSPS) is 21.8. The van der Waals surface area contributed by atoms with E-state index in [0.29, 0.717) is 63.9 Å². The molecule has 2 aromatic carbocycles. The molecule has 71 heavy (non-hydrogen) atoms. The molecular weight excluding hydrogens is 907 g/mol. The number of amides is 4. The zero-order valence-electron chi connectivity index (χ0n) is 41.3. The Bertz CT molecular complexity index is 2950. The molecule has 0 aliphatic carbocycles. The molecule has 2 atom stereocenters. The van der Waals surface area contributed by atoms with Crippen LogP contribution in [0.2, 0.25) is 0 Å². The van der Waals surface area contributed by atoms with Gasteiger partial charge in [-0.1, -0.05) is 12.1 Å². The first-order valence-corrected chi connectivity index (χ1v) is 25.2. The summed E-state index contributed by atoms with van der Waals surface area (Å²) in [6, 6.07) is 15.5. The first-order valence-electron chi connectivity index (χ1n) is 25.2. The summed E-state index contributed by atoms with van der Waals surface area (Å²) in [5.74, 6) is -2.42. The van der Waals surface area contributed by atoms with Crippen LogP contribution in [0.3, 0.4) is 0 Å². The lowest BCUT2D eigenvalue weighted by Crippen LogP contribution is -2.55. The van der Waals surface area contributed by atoms with Crippen molar-refractivity contribution in [1.29, 1.82) is 0 Å². The number of hydrogen-bond donors (Lipinski definition) is 2. The number of anilines is 2. The van der Waals surface area contributed by atoms with E-state index in [1.54, 1.807) is 39.9 Å². The second kappa shape index (κ2) is 19.4. The van der Waals surface area contributed by atoms with E-state index < -0.39 is 29.0 Å². The summed E-state index contributed by atoms with van der Waals surface area (Å²) >= 11 is 0. The minimum atomic E-state index is -0.796. The van der Waals surface area contributed by atoms with Crippen molar-refractivity contribution in [2.45, 2.75) is 95.8 Å². The lowest BCUT2D eigenvalue weighted by atomic mass is 9.85. The number of carbonyl (C=O) groups excluding carboxylic acids is 4. The van der Waals surface area contributed by atoms with Gasteiger partial charge in [-0.2, -0.15) is 0 Å². The molecule has 8 heterocycles. The molecule has 5 aliphatic rings. The van der Waals surface area contributed by atoms with Gasteiger partial charge in [0, 0.05) is 131 Å². The predicted octanol–water partition coefficient (Wildman–Crippen LogP) is 5.91. The van der Waals surface area contributed by atoms with Crippen molar-refractivity contribution in [1.82, 2.24) is 39.0 Å². The number of likely N-dealkylation sites (tertiary alicyclic amines) is 2. The summed E-state index contributed by atoms with van der Waals surface area (Å²) in [6.07, 6.45) is 6.77. The van der Waals surface area contributed by atoms with Crippen molar-refractivity contribution in [3.63, 3.8) is 0 Å². The number of piperidine rings is 3. The third-order valence-corrected chi connectivity index (χ3v) is 16.1. The van der Waals surface area contributed by atoms with Crippen molar-refractivity contribution in [2.24, 2.45) is 13.0 Å². The van der Waals surface area contributed by atoms with Crippen LogP contribution >= 0.6 is 0 Å². The lowest BCUT2D eigenvalue weighted by Gasteiger charge is -2.42. The number of pyridine rings is 2. The van der Waals surface area contributed by atoms with Crippen LogP contribution in [0.5, 0.6) is 0 Å². The minimum absolute atomic E-state index is 0.0542. The highest BCUT2D eigenvalue weighted by Gasteiger charge is 2.49. The highest BCUT2D eigenvalue weighted by atomic mass is 19.1. The second-order valence-electron chi connectivity index (χ2n) is 21.0. The molecule has 4 saturated heterocycles. The number of imide groups is 1. The monoisotopic (exact) mass is 971 g/mol. The zero-order valence-corrected chi connectivity index (χ0v) is 41.3. The maximum atomic E-state index is 15.9. The van der Waals surface area contributed by atoms with Gasteiger partial charge in [0.05, 0.1) is 11.1 Å². The Morgan fingerprint density at radius 1 is 0.845 bits per heavy atom. The molecule has 17 heteroatoms. The Morgan fingerprint density at radius 3 is 2.28 bits per heavy atom. The number of nitrogens with zero attached hydrogens (tertiary/aromatic N) is 8. The fourth-order valence-corrected chi connectivity index (χ4v) is 11.9. The Morgan fingerprint density at radius 2 is 1.59 bits per heavy atom. The predicted molar refractivity (Wildman–Crippen MR) is 268 cm³/mol. The molecule has 5 aromatic rings. The minimum Gasteiger partial charge on any atom is -0.388 e. The molecular formula is C54H64F2N10O5. The maximum absolute atomic E-state index is 15.9. The molecule has 0 radical (unpaired) electrons. The Labute approximate surface area is 412 Å². The Kier molecular flexibility index (Phi) is 13.2. The fourth-order valence-electron chi connectivity index (χ4n) is 11.9. The van der Waals surface area contributed by atoms with Gasteiger partial charge in [0.25, 0.3) is 11.5 Å². The smallest absolute Gasteiger partial charge is 0.257 e. The van der Waals surface area contributed by atoms with E-state index >= 15 is 8.78 Å². The summed E-state index contributed by atoms with van der Waals surface area (Å²) < 4.78 is 35.4. The van der Waals surface area contributed by atoms with Gasteiger partial charge in [-0.15, -0.1) is 0 Å². The van der Waals surface area contributed by atoms with Crippen LogP contribution < -0.4 is 21.1 Å². The largest absolute Gasteiger partial charge is 0.388 e. The molecule has 15 nitrogen and oxygen atoms in total. The van der Waals surface area contributed by atoms with Crippen LogP contribution in [-0.2, 0) is 39.9 Å². The lowest BCUT2D eigenvalue weighted by molar-refractivity contribution is -0.136. The van der Waals surface area contributed by atoms with Crippen molar-refractivity contribution in [3.8, 4) is 5.69 Å². The Balaban J connectivity index is 0.696. The molecule has 5 aliphatic heterocycles. The second-order valence-corrected chi connectivity index (χ2v) is 21.0. The van der Waals surface area contributed by atoms with Crippen LogP contribution in [0.15, 0.2) is 71.8 Å². The van der Waals surface area contributed by atoms with E-state index in [-0.39, 0.29) is 46.7 Å². The number of benzene rings is 2. The number of halogens is 2. The van der Waals surface area contributed by atoms with Gasteiger partial charge in [-0.25, -0.2) is 13.8 Å². The van der Waals surface area contributed by atoms with Gasteiger partial charge in [-0.3, -0.25) is 53.5 Å². The van der Waals surface area contributed by atoms with Gasteiger partial charge in [0.2, 0.25) is 17.7 Å². The molecule has 2 N–H and O–H groups in total. The van der Waals surface area contributed by atoms with Crippen LogP contribution in [0.4, 0.5) is 20.2 Å². The average Bonchev–Trinajstić information content (AvgIpc) is 3.77. The summed E-state index contributed by atoms with van der Waals surface area (Å²) in [6.45, 7) is 13.4. The van der Waals surface area contributed by atoms with E-state index in [9.17, 15) is 24.0 Å². The standard InChI is InChI=1S/C54H64F2N10O5/c1-33-29-62(30-35-6-7-45-41(24-35)54(2,3)53(71)66(45)46-8-9-47(67)59-51(46)69)22-23-64(33)31-34-11-19-63(20-12-34)52(70)37-25-42(55)49(43(56)26-37)36-13-17-61(18-14-36)32-39-28-40-44(10-16-58-50(40)60(39)5)65-21-15-38(57-4)27-48(65)68/h6-7,10,15-16,21,24-28,33-34,36,46,57H,8-9,11-14,17-20,22-23,29-32H2,1-5H3,(H,59,67,69)/t33-,46+/m0/s1. The number of carbonyl (C=O) groups is 4. The van der Waals surface area contributed by atoms with Crippen molar-refractivity contribution >= 4 is 46.0 Å². The third-order valence-electron chi connectivity index (χ3n) is 16.1. The van der Waals surface area contributed by atoms with Gasteiger partial charge in [-0.05, 0) is 125 Å². The number of rotatable bonds is 11. The summed E-state index contributed by atoms with van der Waals surface area (Å²) in [5.41, 5.74) is 5.19. The molecule has 0 bridgehead atoms. The van der Waals surface area contributed by atoms with Crippen molar-refractivity contribution in [2.75, 3.05) is 69.6 Å². The molecule has 0 spiro atoms. The SMILES string of the molecule is CNc1ccn(-c2ccnc3c2cc(CN2CCC(c4c(F)cc(C(=O)N5CCC(CN6CCN(Cc7ccc8c(c7)C(C)(C)C(=O)N8[C@@H]7CCC(=O)NC7=O)C[C@@H]6C)CC5)cc4F)CC2)n3C)c(=O)c1. The van der Waals surface area contributed by atoms with Crippen LogP contribution in [-0.4, -0.2) is 129 Å². The highest BCUT2D eigenvalue weighted by molar-refractivity contribution is 6.13. The van der Waals surface area contributed by atoms with Gasteiger partial charge in [0.1, 0.15) is 23.3 Å². The summed E-state index contributed by atoms with van der Waals surface area (Å²) in [4.78, 5) is 80.1. The fraction of sp³-hybridized carbons (Fsp3) is 0.481. The zero-order chi connectivity index (χ0) is 49.9.